The highest BCUT2D eigenvalue weighted by Gasteiger charge is 2.27. The van der Waals surface area contributed by atoms with Gasteiger partial charge in [-0.15, -0.1) is 4.98 Å². The van der Waals surface area contributed by atoms with Crippen molar-refractivity contribution in [1.82, 2.24) is 14.9 Å². The Balaban J connectivity index is 1.74. The lowest BCUT2D eigenvalue weighted by Crippen LogP contribution is -2.37. The Hall–Kier alpha value is -3.15. The van der Waals surface area contributed by atoms with Gasteiger partial charge in [-0.1, -0.05) is 6.58 Å². The van der Waals surface area contributed by atoms with Gasteiger partial charge < -0.3 is 15.6 Å². The number of hydrogen-bond donors (Lipinski definition) is 4. The van der Waals surface area contributed by atoms with Gasteiger partial charge in [-0.25, -0.2) is 18.3 Å². The molecule has 0 amide bonds. The summed E-state index contributed by atoms with van der Waals surface area (Å²) in [6.07, 6.45) is 0.562. The van der Waals surface area contributed by atoms with Crippen LogP contribution < -0.4 is 20.5 Å². The molecule has 5 N–H and O–H groups in total. The molecule has 3 aromatic rings. The standard InChI is InChI=1S/C16H16N6O4S/c1-9-8-21-13(14(23)19-9)6-10-7-18-16(22(24)15(10)21)20-11-2-4-12(5-3-11)27(17,25)26/h2-7,14,19,23H,1,8H2,(H,18,20)(H2,17,25,26). The van der Waals surface area contributed by atoms with E-state index in [0.29, 0.717) is 39.4 Å². The van der Waals surface area contributed by atoms with E-state index in [4.69, 9.17) is 5.14 Å². The minimum atomic E-state index is -3.79. The third kappa shape index (κ3) is 2.97. The van der Waals surface area contributed by atoms with Crippen molar-refractivity contribution in [2.24, 2.45) is 5.14 Å². The molecule has 1 aromatic carbocycles. The van der Waals surface area contributed by atoms with Crippen molar-refractivity contribution in [1.29, 1.82) is 0 Å². The number of aliphatic hydroxyl groups excluding tert-OH is 1. The molecule has 0 saturated carbocycles. The molecule has 2 aromatic heterocycles. The van der Waals surface area contributed by atoms with Gasteiger partial charge in [0.05, 0.1) is 22.5 Å². The highest BCUT2D eigenvalue weighted by Crippen LogP contribution is 2.26. The minimum absolute atomic E-state index is 0.00499. The average molecular weight is 388 g/mol. The lowest BCUT2D eigenvalue weighted by Gasteiger charge is -2.23. The van der Waals surface area contributed by atoms with Gasteiger partial charge in [-0.05, 0) is 30.3 Å². The van der Waals surface area contributed by atoms with E-state index in [9.17, 15) is 18.7 Å². The smallest absolute Gasteiger partial charge is 0.351 e. The number of sulfonamides is 1. The Bertz CT molecular complexity index is 1170. The number of allylic oxidation sites excluding steroid dienone is 1. The predicted molar refractivity (Wildman–Crippen MR) is 97.0 cm³/mol. The van der Waals surface area contributed by atoms with Crippen LogP contribution in [0.2, 0.25) is 0 Å². The molecule has 27 heavy (non-hydrogen) atoms. The largest absolute Gasteiger partial charge is 0.754 e. The van der Waals surface area contributed by atoms with Crippen LogP contribution in [0.25, 0.3) is 11.0 Å². The first-order valence-corrected chi connectivity index (χ1v) is 9.42. The predicted octanol–water partition coefficient (Wildman–Crippen LogP) is 0.169. The molecule has 4 rings (SSSR count). The normalized spacial score (nSPS) is 16.8. The van der Waals surface area contributed by atoms with Crippen molar-refractivity contribution < 1.29 is 18.3 Å². The molecule has 1 atom stereocenters. The number of nitrogens with zero attached hydrogens (tertiary/aromatic N) is 3. The summed E-state index contributed by atoms with van der Waals surface area (Å²) in [5.74, 6) is 0.00499. The highest BCUT2D eigenvalue weighted by atomic mass is 32.2. The van der Waals surface area contributed by atoms with Crippen molar-refractivity contribution >= 4 is 32.7 Å². The summed E-state index contributed by atoms with van der Waals surface area (Å²) in [7, 11) is -3.79. The highest BCUT2D eigenvalue weighted by molar-refractivity contribution is 7.89. The van der Waals surface area contributed by atoms with E-state index in [2.05, 4.69) is 22.2 Å². The maximum absolute atomic E-state index is 12.8. The zero-order valence-electron chi connectivity index (χ0n) is 14.0. The molecular formula is C16H16N6O4S. The van der Waals surface area contributed by atoms with Crippen molar-refractivity contribution in [3.05, 3.63) is 59.7 Å². The van der Waals surface area contributed by atoms with E-state index >= 15 is 0 Å². The Morgan fingerprint density at radius 3 is 2.78 bits per heavy atom. The lowest BCUT2D eigenvalue weighted by atomic mass is 10.3. The van der Waals surface area contributed by atoms with Gasteiger partial charge in [0.15, 0.2) is 6.23 Å². The van der Waals surface area contributed by atoms with Crippen LogP contribution in [0.3, 0.4) is 0 Å². The SMILES string of the molecule is C=C1Cn2c(cc3cnc(Nc4ccc(S(N)(=O)=O)cc4)[n+]([O-])c32)C(O)N1. The number of rotatable bonds is 3. The molecule has 0 radical (unpaired) electrons. The van der Waals surface area contributed by atoms with Crippen LogP contribution in [-0.2, 0) is 16.6 Å². The second-order valence-corrected chi connectivity index (χ2v) is 7.72. The van der Waals surface area contributed by atoms with Gasteiger partial charge in [0.1, 0.15) is 11.9 Å². The zero-order valence-corrected chi connectivity index (χ0v) is 14.8. The first-order chi connectivity index (χ1) is 12.7. The van der Waals surface area contributed by atoms with E-state index in [1.165, 1.54) is 30.5 Å². The van der Waals surface area contributed by atoms with Gasteiger partial charge in [-0.2, -0.15) is 0 Å². The Kier molecular flexibility index (Phi) is 3.80. The fraction of sp³-hybridized carbons (Fsp3) is 0.125. The van der Waals surface area contributed by atoms with Crippen molar-refractivity contribution in [2.75, 3.05) is 5.32 Å². The molecule has 3 heterocycles. The number of aliphatic hydroxyl groups is 1. The lowest BCUT2D eigenvalue weighted by molar-refractivity contribution is -0.567. The molecular weight excluding hydrogens is 372 g/mol. The molecule has 11 heteroatoms. The van der Waals surface area contributed by atoms with Crippen molar-refractivity contribution in [3.63, 3.8) is 0 Å². The van der Waals surface area contributed by atoms with E-state index in [1.807, 2.05) is 0 Å². The Labute approximate surface area is 154 Å². The number of hydrogen-bond acceptors (Lipinski definition) is 7. The summed E-state index contributed by atoms with van der Waals surface area (Å²) in [5.41, 5.74) is 1.91. The third-order valence-electron chi connectivity index (χ3n) is 4.25. The van der Waals surface area contributed by atoms with Crippen molar-refractivity contribution in [3.8, 4) is 0 Å². The molecule has 1 unspecified atom stereocenters. The quantitative estimate of drug-likeness (QED) is 0.369. The average Bonchev–Trinajstić information content (AvgIpc) is 2.97. The second-order valence-electron chi connectivity index (χ2n) is 6.16. The number of nitrogens with one attached hydrogen (secondary N) is 2. The van der Waals surface area contributed by atoms with Gasteiger partial charge in [0.2, 0.25) is 15.7 Å². The summed E-state index contributed by atoms with van der Waals surface area (Å²) in [6, 6.07) is 7.31. The number of fused-ring (bicyclic) bond motifs is 3. The van der Waals surface area contributed by atoms with Crippen LogP contribution in [0, 0.1) is 5.21 Å². The van der Waals surface area contributed by atoms with Crippen LogP contribution in [-0.4, -0.2) is 23.1 Å². The number of benzene rings is 1. The van der Waals surface area contributed by atoms with Crippen LogP contribution >= 0.6 is 0 Å². The summed E-state index contributed by atoms with van der Waals surface area (Å²) < 4.78 is 24.9. The molecule has 0 fully saturated rings. The number of anilines is 2. The van der Waals surface area contributed by atoms with E-state index in [-0.39, 0.29) is 10.8 Å². The summed E-state index contributed by atoms with van der Waals surface area (Å²) in [4.78, 5) is 4.08. The summed E-state index contributed by atoms with van der Waals surface area (Å²) in [5, 5.41) is 34.3. The monoisotopic (exact) mass is 388 g/mol. The minimum Gasteiger partial charge on any atom is -0.754 e. The molecule has 140 valence electrons. The molecule has 1 aliphatic heterocycles. The second kappa shape index (κ2) is 5.94. The molecule has 10 nitrogen and oxygen atoms in total. The Morgan fingerprint density at radius 2 is 2.11 bits per heavy atom. The third-order valence-corrected chi connectivity index (χ3v) is 5.18. The molecule has 1 aliphatic rings. The number of aromatic nitrogens is 3. The van der Waals surface area contributed by atoms with Crippen LogP contribution in [0.4, 0.5) is 11.6 Å². The van der Waals surface area contributed by atoms with Gasteiger partial charge in [0.25, 0.3) is 0 Å². The van der Waals surface area contributed by atoms with Gasteiger partial charge in [0, 0.05) is 5.70 Å². The van der Waals surface area contributed by atoms with E-state index < -0.39 is 16.3 Å². The molecule has 0 spiro atoms. The zero-order chi connectivity index (χ0) is 19.3. The van der Waals surface area contributed by atoms with Crippen LogP contribution in [0.5, 0.6) is 0 Å². The first-order valence-electron chi connectivity index (χ1n) is 7.88. The summed E-state index contributed by atoms with van der Waals surface area (Å²) in [6.45, 7) is 4.14. The maximum Gasteiger partial charge on any atom is 0.351 e. The van der Waals surface area contributed by atoms with Crippen molar-refractivity contribution in [2.45, 2.75) is 17.7 Å². The van der Waals surface area contributed by atoms with Gasteiger partial charge in [-0.3, -0.25) is 9.88 Å². The molecule has 0 aliphatic carbocycles. The van der Waals surface area contributed by atoms with E-state index in [1.54, 1.807) is 10.6 Å². The number of nitrogens with two attached hydrogens (primary N) is 1. The van der Waals surface area contributed by atoms with E-state index in [0.717, 1.165) is 0 Å². The van der Waals surface area contributed by atoms with Crippen LogP contribution in [0.15, 0.2) is 53.7 Å². The molecule has 0 bridgehead atoms. The summed E-state index contributed by atoms with van der Waals surface area (Å²) >= 11 is 0. The Morgan fingerprint density at radius 1 is 1.41 bits per heavy atom. The van der Waals surface area contributed by atoms with Gasteiger partial charge >= 0.3 is 5.95 Å². The fourth-order valence-corrected chi connectivity index (χ4v) is 3.54. The molecule has 0 saturated heterocycles. The maximum atomic E-state index is 12.8. The topological polar surface area (TPSA) is 149 Å². The first kappa shape index (κ1) is 17.3. The number of primary sulfonamides is 1. The van der Waals surface area contributed by atoms with Crippen LogP contribution in [0.1, 0.15) is 11.9 Å². The fourth-order valence-electron chi connectivity index (χ4n) is 3.02.